The van der Waals surface area contributed by atoms with E-state index >= 15 is 0 Å². The van der Waals surface area contributed by atoms with Crippen LogP contribution in [0.2, 0.25) is 0 Å². The summed E-state index contributed by atoms with van der Waals surface area (Å²) in [5.74, 6) is -0.558. The Hall–Kier alpha value is -5.33. The quantitative estimate of drug-likeness (QED) is 0.124. The maximum Gasteiger partial charge on any atom is 0.324 e. The van der Waals surface area contributed by atoms with E-state index in [0.717, 1.165) is 17.5 Å². The van der Waals surface area contributed by atoms with Gasteiger partial charge in [0.2, 0.25) is 20.0 Å². The number of sulfonamides is 2. The molecule has 2 heterocycles. The van der Waals surface area contributed by atoms with Crippen molar-refractivity contribution in [1.29, 1.82) is 0 Å². The van der Waals surface area contributed by atoms with Crippen LogP contribution in [0.5, 0.6) is 0 Å². The molecule has 0 aliphatic carbocycles. The molecule has 2 aliphatic heterocycles. The lowest BCUT2D eigenvalue weighted by molar-refractivity contribution is -0.144. The van der Waals surface area contributed by atoms with Crippen LogP contribution < -0.4 is 21.3 Å². The van der Waals surface area contributed by atoms with Gasteiger partial charge in [-0.2, -0.15) is 8.61 Å². The fourth-order valence-corrected chi connectivity index (χ4v) is 9.59. The van der Waals surface area contributed by atoms with Gasteiger partial charge in [-0.25, -0.2) is 26.4 Å². The molecule has 0 aromatic heterocycles. The molecule has 4 amide bonds. The van der Waals surface area contributed by atoms with Gasteiger partial charge in [0.25, 0.3) is 0 Å². The first-order valence-corrected chi connectivity index (χ1v) is 20.8. The number of ether oxygens (including phenoxy) is 1. The number of hydrogen-bond acceptors (Lipinski definition) is 9. The molecule has 4 aromatic carbocycles. The average Bonchev–Trinajstić information content (AvgIpc) is 3.89. The number of nitrogens with zero attached hydrogens (tertiary/aromatic N) is 2. The summed E-state index contributed by atoms with van der Waals surface area (Å²) >= 11 is 0. The number of anilines is 4. The molecule has 56 heavy (non-hydrogen) atoms. The van der Waals surface area contributed by atoms with E-state index in [1.54, 1.807) is 36.4 Å². The summed E-state index contributed by atoms with van der Waals surface area (Å²) in [6.07, 6.45) is 2.43. The predicted molar refractivity (Wildman–Crippen MR) is 213 cm³/mol. The first-order chi connectivity index (χ1) is 26.7. The molecule has 2 atom stereocenters. The van der Waals surface area contributed by atoms with E-state index in [1.165, 1.54) is 52.1 Å². The van der Waals surface area contributed by atoms with Gasteiger partial charge in [-0.05, 0) is 112 Å². The van der Waals surface area contributed by atoms with Crippen molar-refractivity contribution in [1.82, 2.24) is 8.61 Å². The number of aliphatic hydroxyl groups is 1. The van der Waals surface area contributed by atoms with E-state index in [9.17, 15) is 36.3 Å². The molecule has 17 heteroatoms. The summed E-state index contributed by atoms with van der Waals surface area (Å²) in [5.41, 5.74) is 4.43. The van der Waals surface area contributed by atoms with E-state index in [1.807, 2.05) is 38.1 Å². The normalized spacial score (nSPS) is 17.3. The van der Waals surface area contributed by atoms with Gasteiger partial charge in [-0.15, -0.1) is 0 Å². The zero-order valence-electron chi connectivity index (χ0n) is 31.3. The van der Waals surface area contributed by atoms with Crippen LogP contribution in [0.4, 0.5) is 32.3 Å². The second-order valence-corrected chi connectivity index (χ2v) is 17.1. The fourth-order valence-electron chi connectivity index (χ4n) is 6.26. The molecule has 2 fully saturated rings. The van der Waals surface area contributed by atoms with E-state index in [0.29, 0.717) is 48.6 Å². The van der Waals surface area contributed by atoms with E-state index in [4.69, 9.17) is 4.74 Å². The number of urea groups is 2. The van der Waals surface area contributed by atoms with Crippen LogP contribution in [0.25, 0.3) is 0 Å². The lowest BCUT2D eigenvalue weighted by atomic mass is 10.2. The molecule has 4 aromatic rings. The number of carbonyl (C=O) groups excluding carboxylic acids is 3. The number of rotatable bonds is 10. The van der Waals surface area contributed by atoms with Gasteiger partial charge in [-0.3, -0.25) is 4.79 Å². The Morgan fingerprint density at radius 3 is 1.36 bits per heavy atom. The Morgan fingerprint density at radius 2 is 0.964 bits per heavy atom. The molecule has 0 unspecified atom stereocenters. The number of nitrogens with one attached hydrogen (secondary N) is 4. The number of aryl methyl sites for hydroxylation is 2. The van der Waals surface area contributed by atoms with Crippen molar-refractivity contribution >= 4 is 60.8 Å². The Balaban J connectivity index is 0.000000215. The van der Waals surface area contributed by atoms with Crippen LogP contribution in [-0.2, 0) is 29.6 Å². The average molecular weight is 807 g/mol. The van der Waals surface area contributed by atoms with Crippen molar-refractivity contribution in [2.75, 3.05) is 48.1 Å². The first-order valence-electron chi connectivity index (χ1n) is 17.9. The summed E-state index contributed by atoms with van der Waals surface area (Å²) in [6, 6.07) is 24.6. The van der Waals surface area contributed by atoms with Gasteiger partial charge >= 0.3 is 18.0 Å². The lowest BCUT2D eigenvalue weighted by Gasteiger charge is -2.22. The minimum atomic E-state index is -3.84. The highest BCUT2D eigenvalue weighted by Crippen LogP contribution is 2.28. The van der Waals surface area contributed by atoms with E-state index in [2.05, 4.69) is 21.3 Å². The summed E-state index contributed by atoms with van der Waals surface area (Å²) in [5, 5.41) is 20.1. The van der Waals surface area contributed by atoms with Crippen molar-refractivity contribution in [3.8, 4) is 0 Å². The van der Waals surface area contributed by atoms with Crippen molar-refractivity contribution in [3.05, 3.63) is 108 Å². The third kappa shape index (κ3) is 10.5. The summed E-state index contributed by atoms with van der Waals surface area (Å²) in [6.45, 7) is 4.41. The zero-order valence-corrected chi connectivity index (χ0v) is 32.9. The Kier molecular flexibility index (Phi) is 13.8. The number of carbonyl (C=O) groups is 3. The van der Waals surface area contributed by atoms with Gasteiger partial charge in [-0.1, -0.05) is 35.4 Å². The summed E-state index contributed by atoms with van der Waals surface area (Å²) in [7, 11) is -6.25. The SMILES string of the molecule is COC(=O)[C@@H]1CCCN1S(=O)(=O)c1ccc(NC(=O)Nc2ccc(C)cc2)cc1.Cc1ccc(NC(=O)Nc2ccc(S(=O)(=O)N3CCC[C@H]3CO)cc2)cc1. The molecular weight excluding hydrogens is 761 g/mol. The molecule has 298 valence electrons. The molecule has 2 aliphatic rings. The molecule has 6 rings (SSSR count). The number of esters is 1. The van der Waals surface area contributed by atoms with Crippen LogP contribution in [-0.4, -0.2) is 87.5 Å². The molecule has 0 saturated carbocycles. The van der Waals surface area contributed by atoms with Crippen molar-refractivity contribution < 1.29 is 41.1 Å². The van der Waals surface area contributed by atoms with Crippen LogP contribution in [0.15, 0.2) is 107 Å². The first kappa shape index (κ1) is 41.8. The van der Waals surface area contributed by atoms with Gasteiger partial charge in [0, 0.05) is 41.9 Å². The van der Waals surface area contributed by atoms with Gasteiger partial charge in [0.1, 0.15) is 6.04 Å². The second kappa shape index (κ2) is 18.5. The standard InChI is InChI=1S/C20H23N3O5S.C19H23N3O4S/c1-14-5-7-15(8-6-14)21-20(25)22-16-9-11-17(12-10-16)29(26,27)23-13-3-4-18(23)19(24)28-2;1-14-4-6-15(7-5-14)20-19(24)21-16-8-10-18(11-9-16)27(25,26)22-12-2-3-17(22)13-23/h5-12,18H,3-4,13H2,1-2H3,(H2,21,22,25);4-11,17,23H,2-3,12-13H2,1H3,(H2,20,21,24)/t18-;17-/m00/s1. The number of benzene rings is 4. The van der Waals surface area contributed by atoms with Gasteiger partial charge < -0.3 is 31.1 Å². The van der Waals surface area contributed by atoms with Crippen molar-refractivity contribution in [3.63, 3.8) is 0 Å². The van der Waals surface area contributed by atoms with Gasteiger partial charge in [0.05, 0.1) is 23.5 Å². The lowest BCUT2D eigenvalue weighted by Crippen LogP contribution is -2.41. The van der Waals surface area contributed by atoms with Gasteiger partial charge in [0.15, 0.2) is 0 Å². The highest BCUT2D eigenvalue weighted by atomic mass is 32.2. The van der Waals surface area contributed by atoms with E-state index in [-0.39, 0.29) is 29.0 Å². The third-order valence-corrected chi connectivity index (χ3v) is 13.2. The molecular formula is C39H46N6O9S2. The minimum Gasteiger partial charge on any atom is -0.468 e. The molecule has 0 spiro atoms. The Bertz CT molecular complexity index is 2200. The van der Waals surface area contributed by atoms with Crippen LogP contribution in [0.3, 0.4) is 0 Å². The maximum absolute atomic E-state index is 12.9. The van der Waals surface area contributed by atoms with Crippen molar-refractivity contribution in [2.24, 2.45) is 0 Å². The van der Waals surface area contributed by atoms with E-state index < -0.39 is 44.1 Å². The van der Waals surface area contributed by atoms with Crippen LogP contribution >= 0.6 is 0 Å². The number of aliphatic hydroxyl groups excluding tert-OH is 1. The Labute approximate surface area is 327 Å². The highest BCUT2D eigenvalue weighted by molar-refractivity contribution is 7.89. The smallest absolute Gasteiger partial charge is 0.324 e. The molecule has 2 saturated heterocycles. The molecule has 0 radical (unpaired) electrons. The molecule has 5 N–H and O–H groups in total. The van der Waals surface area contributed by atoms with Crippen LogP contribution in [0.1, 0.15) is 36.8 Å². The summed E-state index contributed by atoms with van der Waals surface area (Å²) < 4.78 is 58.4. The number of amides is 4. The molecule has 15 nitrogen and oxygen atoms in total. The predicted octanol–water partition coefficient (Wildman–Crippen LogP) is 5.75. The summed E-state index contributed by atoms with van der Waals surface area (Å²) in [4.78, 5) is 36.2. The number of methoxy groups -OCH3 is 1. The molecule has 0 bridgehead atoms. The largest absolute Gasteiger partial charge is 0.468 e. The number of hydrogen-bond donors (Lipinski definition) is 5. The minimum absolute atomic E-state index is 0.0535. The highest BCUT2D eigenvalue weighted by Gasteiger charge is 2.40. The Morgan fingerprint density at radius 1 is 0.607 bits per heavy atom. The monoisotopic (exact) mass is 806 g/mol. The fraction of sp³-hybridized carbons (Fsp3) is 0.308. The van der Waals surface area contributed by atoms with Crippen LogP contribution in [0, 0.1) is 13.8 Å². The second-order valence-electron chi connectivity index (χ2n) is 13.3. The van der Waals surface area contributed by atoms with Crippen molar-refractivity contribution in [2.45, 2.75) is 61.4 Å². The maximum atomic E-state index is 12.9. The zero-order chi connectivity index (χ0) is 40.5. The third-order valence-electron chi connectivity index (χ3n) is 9.27. The topological polar surface area (TPSA) is 204 Å².